The van der Waals surface area contributed by atoms with Gasteiger partial charge in [0, 0.05) is 5.39 Å². The standard InChI is InChI=1S/C11H6ClN3O2S/c1-17-11(16)6-4-2-3-5-7(6)13-10(12)8-9(5)18-15-14-8/h2-4H,1H3. The first-order chi connectivity index (χ1) is 8.72. The average molecular weight is 280 g/mol. The van der Waals surface area contributed by atoms with Gasteiger partial charge in [-0.2, -0.15) is 0 Å². The van der Waals surface area contributed by atoms with Crippen molar-refractivity contribution in [2.75, 3.05) is 7.11 Å². The first-order valence-electron chi connectivity index (χ1n) is 5.01. The molecular weight excluding hydrogens is 274 g/mol. The zero-order valence-electron chi connectivity index (χ0n) is 9.18. The smallest absolute Gasteiger partial charge is 0.340 e. The number of halogens is 1. The van der Waals surface area contributed by atoms with Crippen LogP contribution in [-0.4, -0.2) is 27.7 Å². The fourth-order valence-electron chi connectivity index (χ4n) is 1.78. The van der Waals surface area contributed by atoms with Crippen LogP contribution in [0.25, 0.3) is 21.1 Å². The van der Waals surface area contributed by atoms with Gasteiger partial charge in [-0.05, 0) is 17.6 Å². The predicted octanol–water partition coefficient (Wildman–Crippen LogP) is 2.68. The fourth-order valence-corrected chi connectivity index (χ4v) is 2.74. The van der Waals surface area contributed by atoms with Gasteiger partial charge in [0.25, 0.3) is 0 Å². The summed E-state index contributed by atoms with van der Waals surface area (Å²) in [6.45, 7) is 0. The van der Waals surface area contributed by atoms with Crippen LogP contribution in [0.4, 0.5) is 0 Å². The molecule has 0 bridgehead atoms. The topological polar surface area (TPSA) is 65.0 Å². The SMILES string of the molecule is COC(=O)c1cccc2c1nc(Cl)c1nnsc12. The highest BCUT2D eigenvalue weighted by Crippen LogP contribution is 2.31. The van der Waals surface area contributed by atoms with Gasteiger partial charge in [-0.1, -0.05) is 28.2 Å². The zero-order chi connectivity index (χ0) is 12.7. The van der Waals surface area contributed by atoms with E-state index in [1.807, 2.05) is 6.07 Å². The minimum Gasteiger partial charge on any atom is -0.465 e. The molecule has 7 heteroatoms. The van der Waals surface area contributed by atoms with Crippen LogP contribution < -0.4 is 0 Å². The third-order valence-corrected chi connectivity index (χ3v) is 3.60. The molecule has 0 spiro atoms. The number of pyridine rings is 1. The average Bonchev–Trinajstić information content (AvgIpc) is 2.87. The number of fused-ring (bicyclic) bond motifs is 3. The number of para-hydroxylation sites is 1. The second-order valence-electron chi connectivity index (χ2n) is 3.55. The molecule has 0 unspecified atom stereocenters. The minimum atomic E-state index is -0.444. The lowest BCUT2D eigenvalue weighted by molar-refractivity contribution is 0.0603. The second kappa shape index (κ2) is 4.15. The van der Waals surface area contributed by atoms with Crippen LogP contribution in [0.15, 0.2) is 18.2 Å². The molecule has 0 aliphatic heterocycles. The Morgan fingerprint density at radius 1 is 1.39 bits per heavy atom. The number of nitrogens with zero attached hydrogens (tertiary/aromatic N) is 3. The Morgan fingerprint density at radius 2 is 2.22 bits per heavy atom. The van der Waals surface area contributed by atoms with Crippen LogP contribution in [0.3, 0.4) is 0 Å². The van der Waals surface area contributed by atoms with Gasteiger partial charge >= 0.3 is 5.97 Å². The number of hydrogen-bond acceptors (Lipinski definition) is 6. The molecule has 0 radical (unpaired) electrons. The quantitative estimate of drug-likeness (QED) is 0.506. The lowest BCUT2D eigenvalue weighted by Crippen LogP contribution is -2.03. The van der Waals surface area contributed by atoms with Crippen molar-refractivity contribution < 1.29 is 9.53 Å². The molecule has 0 amide bonds. The number of methoxy groups -OCH3 is 1. The van der Waals surface area contributed by atoms with E-state index in [9.17, 15) is 4.79 Å². The van der Waals surface area contributed by atoms with Crippen LogP contribution in [0, 0.1) is 0 Å². The third-order valence-electron chi connectivity index (χ3n) is 2.58. The number of carbonyl (C=O) groups excluding carboxylic acids is 1. The highest BCUT2D eigenvalue weighted by molar-refractivity contribution is 7.14. The molecule has 5 nitrogen and oxygen atoms in total. The van der Waals surface area contributed by atoms with Crippen molar-refractivity contribution in [3.8, 4) is 0 Å². The molecule has 18 heavy (non-hydrogen) atoms. The molecule has 3 aromatic rings. The largest absolute Gasteiger partial charge is 0.465 e. The van der Waals surface area contributed by atoms with Gasteiger partial charge < -0.3 is 4.74 Å². The number of rotatable bonds is 1. The normalized spacial score (nSPS) is 11.0. The molecule has 0 saturated carbocycles. The first kappa shape index (κ1) is 11.3. The molecule has 0 aliphatic carbocycles. The van der Waals surface area contributed by atoms with Crippen LogP contribution in [0.1, 0.15) is 10.4 Å². The Morgan fingerprint density at radius 3 is 3.00 bits per heavy atom. The lowest BCUT2D eigenvalue weighted by atomic mass is 10.1. The fraction of sp³-hybridized carbons (Fsp3) is 0.0909. The monoisotopic (exact) mass is 279 g/mol. The Kier molecular flexibility index (Phi) is 2.61. The second-order valence-corrected chi connectivity index (χ2v) is 4.66. The summed E-state index contributed by atoms with van der Waals surface area (Å²) < 4.78 is 9.40. The van der Waals surface area contributed by atoms with Crippen LogP contribution >= 0.6 is 23.1 Å². The van der Waals surface area contributed by atoms with Gasteiger partial charge in [0.15, 0.2) is 5.15 Å². The minimum absolute atomic E-state index is 0.239. The summed E-state index contributed by atoms with van der Waals surface area (Å²) in [5.41, 5.74) is 1.44. The highest BCUT2D eigenvalue weighted by Gasteiger charge is 2.16. The molecule has 0 N–H and O–H groups in total. The lowest BCUT2D eigenvalue weighted by Gasteiger charge is -2.04. The maximum atomic E-state index is 11.7. The van der Waals surface area contributed by atoms with Gasteiger partial charge in [-0.25, -0.2) is 9.78 Å². The van der Waals surface area contributed by atoms with E-state index in [0.717, 1.165) is 10.1 Å². The number of carbonyl (C=O) groups is 1. The highest BCUT2D eigenvalue weighted by atomic mass is 35.5. The molecule has 0 atom stereocenters. The molecule has 90 valence electrons. The van der Waals surface area contributed by atoms with Gasteiger partial charge in [0.05, 0.1) is 22.9 Å². The maximum absolute atomic E-state index is 11.7. The van der Waals surface area contributed by atoms with Gasteiger partial charge in [-0.15, -0.1) is 5.10 Å². The van der Waals surface area contributed by atoms with Crippen molar-refractivity contribution in [3.63, 3.8) is 0 Å². The number of hydrogen-bond donors (Lipinski definition) is 0. The van der Waals surface area contributed by atoms with E-state index < -0.39 is 5.97 Å². The number of ether oxygens (including phenoxy) is 1. The van der Waals surface area contributed by atoms with E-state index in [1.165, 1.54) is 18.6 Å². The van der Waals surface area contributed by atoms with E-state index in [2.05, 4.69) is 14.6 Å². The van der Waals surface area contributed by atoms with Crippen LogP contribution in [0.5, 0.6) is 0 Å². The summed E-state index contributed by atoms with van der Waals surface area (Å²) in [5.74, 6) is -0.444. The van der Waals surface area contributed by atoms with Crippen molar-refractivity contribution in [2.24, 2.45) is 0 Å². The molecule has 1 aromatic carbocycles. The van der Waals surface area contributed by atoms with E-state index >= 15 is 0 Å². The van der Waals surface area contributed by atoms with E-state index in [0.29, 0.717) is 16.6 Å². The predicted molar refractivity (Wildman–Crippen MR) is 69.1 cm³/mol. The molecular formula is C11H6ClN3O2S. The van der Waals surface area contributed by atoms with Crippen LogP contribution in [0.2, 0.25) is 5.15 Å². The Balaban J connectivity index is 2.48. The van der Waals surface area contributed by atoms with Crippen molar-refractivity contribution in [1.29, 1.82) is 0 Å². The maximum Gasteiger partial charge on any atom is 0.340 e. The van der Waals surface area contributed by atoms with Crippen molar-refractivity contribution >= 4 is 50.2 Å². The summed E-state index contributed by atoms with van der Waals surface area (Å²) in [6.07, 6.45) is 0. The van der Waals surface area contributed by atoms with Gasteiger partial charge in [0.2, 0.25) is 0 Å². The van der Waals surface area contributed by atoms with E-state index in [-0.39, 0.29) is 5.15 Å². The molecule has 2 aromatic heterocycles. The third kappa shape index (κ3) is 1.53. The Labute approximate surface area is 111 Å². The molecule has 2 heterocycles. The summed E-state index contributed by atoms with van der Waals surface area (Å²) in [7, 11) is 1.33. The van der Waals surface area contributed by atoms with E-state index in [1.54, 1.807) is 12.1 Å². The molecule has 3 rings (SSSR count). The van der Waals surface area contributed by atoms with E-state index in [4.69, 9.17) is 16.3 Å². The molecule has 0 fully saturated rings. The van der Waals surface area contributed by atoms with Crippen molar-refractivity contribution in [2.45, 2.75) is 0 Å². The van der Waals surface area contributed by atoms with Gasteiger partial charge in [-0.3, -0.25) is 0 Å². The number of aromatic nitrogens is 3. The van der Waals surface area contributed by atoms with Gasteiger partial charge in [0.1, 0.15) is 5.52 Å². The molecule has 0 aliphatic rings. The number of esters is 1. The summed E-state index contributed by atoms with van der Waals surface area (Å²) >= 11 is 7.26. The Bertz CT molecular complexity index is 771. The first-order valence-corrected chi connectivity index (χ1v) is 6.16. The summed E-state index contributed by atoms with van der Waals surface area (Å²) in [6, 6.07) is 5.27. The Hall–Kier alpha value is -1.79. The molecule has 0 saturated heterocycles. The zero-order valence-corrected chi connectivity index (χ0v) is 10.7. The van der Waals surface area contributed by atoms with Crippen molar-refractivity contribution in [3.05, 3.63) is 28.9 Å². The van der Waals surface area contributed by atoms with Crippen molar-refractivity contribution in [1.82, 2.24) is 14.6 Å². The van der Waals surface area contributed by atoms with Crippen LogP contribution in [-0.2, 0) is 4.74 Å². The summed E-state index contributed by atoms with van der Waals surface area (Å²) in [4.78, 5) is 15.9. The summed E-state index contributed by atoms with van der Waals surface area (Å²) in [5, 5.41) is 4.96. The number of benzene rings is 1.